The van der Waals surface area contributed by atoms with E-state index in [1.165, 1.54) is 23.9 Å². The van der Waals surface area contributed by atoms with E-state index < -0.39 is 17.7 Å². The highest BCUT2D eigenvalue weighted by Crippen LogP contribution is 2.31. The van der Waals surface area contributed by atoms with Crippen molar-refractivity contribution in [2.75, 3.05) is 13.7 Å². The Bertz CT molecular complexity index is 1050. The molecule has 0 fully saturated rings. The molecule has 2 heterocycles. The van der Waals surface area contributed by atoms with Crippen LogP contribution in [0.25, 0.3) is 5.69 Å². The molecule has 0 N–H and O–H groups in total. The molecule has 0 saturated heterocycles. The van der Waals surface area contributed by atoms with Crippen LogP contribution in [0.1, 0.15) is 28.4 Å². The van der Waals surface area contributed by atoms with Crippen molar-refractivity contribution >= 4 is 5.97 Å². The number of halogens is 3. The molecule has 0 saturated carbocycles. The summed E-state index contributed by atoms with van der Waals surface area (Å²) < 4.78 is 44.8. The van der Waals surface area contributed by atoms with Gasteiger partial charge in [-0.15, -0.1) is 5.10 Å². The summed E-state index contributed by atoms with van der Waals surface area (Å²) in [6.45, 7) is 1.32. The van der Waals surface area contributed by atoms with Crippen LogP contribution < -0.4 is 0 Å². The minimum absolute atomic E-state index is 0.315. The van der Waals surface area contributed by atoms with Gasteiger partial charge >= 0.3 is 12.1 Å². The van der Waals surface area contributed by atoms with Crippen LogP contribution >= 0.6 is 0 Å². The predicted octanol–water partition coefficient (Wildman–Crippen LogP) is 2.95. The topological polar surface area (TPSA) is 73.1 Å². The number of hydrogen-bond acceptors (Lipinski definition) is 6. The maximum Gasteiger partial charge on any atom is 0.416 e. The SMILES string of the molecule is COC(=O)C1CN(Cc2nnnn2-c2ccc(C(F)(F)F)cc2)Cc2ccccc21. The van der Waals surface area contributed by atoms with E-state index in [9.17, 15) is 18.0 Å². The second kappa shape index (κ2) is 7.86. The summed E-state index contributed by atoms with van der Waals surface area (Å²) in [4.78, 5) is 14.3. The number of esters is 1. The van der Waals surface area contributed by atoms with Crippen LogP contribution in [0, 0.1) is 0 Å². The van der Waals surface area contributed by atoms with Crippen molar-refractivity contribution in [3.63, 3.8) is 0 Å². The summed E-state index contributed by atoms with van der Waals surface area (Å²) in [5, 5.41) is 11.6. The zero-order chi connectivity index (χ0) is 21.3. The molecule has 30 heavy (non-hydrogen) atoms. The summed E-state index contributed by atoms with van der Waals surface area (Å²) in [5.74, 6) is -0.303. The molecule has 0 bridgehead atoms. The third kappa shape index (κ3) is 3.90. The lowest BCUT2D eigenvalue weighted by atomic mass is 9.90. The molecule has 10 heteroatoms. The van der Waals surface area contributed by atoms with Crippen LogP contribution in [0.5, 0.6) is 0 Å². The third-order valence-corrected chi connectivity index (χ3v) is 5.09. The minimum Gasteiger partial charge on any atom is -0.469 e. The zero-order valence-corrected chi connectivity index (χ0v) is 16.0. The second-order valence-corrected chi connectivity index (χ2v) is 7.00. The number of aromatic nitrogens is 4. The average Bonchev–Trinajstić information content (AvgIpc) is 3.20. The molecule has 7 nitrogen and oxygen atoms in total. The van der Waals surface area contributed by atoms with Crippen LogP contribution in [0.2, 0.25) is 0 Å². The van der Waals surface area contributed by atoms with E-state index >= 15 is 0 Å². The number of tetrazole rings is 1. The number of rotatable bonds is 4. The van der Waals surface area contributed by atoms with Gasteiger partial charge in [-0.2, -0.15) is 17.9 Å². The number of methoxy groups -OCH3 is 1. The van der Waals surface area contributed by atoms with E-state index in [1.807, 2.05) is 29.2 Å². The molecule has 3 aromatic rings. The number of ether oxygens (including phenoxy) is 1. The van der Waals surface area contributed by atoms with E-state index in [2.05, 4.69) is 15.5 Å². The van der Waals surface area contributed by atoms with Gasteiger partial charge in [-0.25, -0.2) is 0 Å². The van der Waals surface area contributed by atoms with Gasteiger partial charge in [0.05, 0.1) is 30.8 Å². The van der Waals surface area contributed by atoms with Crippen molar-refractivity contribution in [3.8, 4) is 5.69 Å². The summed E-state index contributed by atoms with van der Waals surface area (Å²) in [6, 6.07) is 12.3. The molecule has 1 aliphatic heterocycles. The highest BCUT2D eigenvalue weighted by atomic mass is 19.4. The van der Waals surface area contributed by atoms with E-state index in [4.69, 9.17) is 4.74 Å². The Balaban J connectivity index is 1.58. The number of hydrogen-bond donors (Lipinski definition) is 0. The highest BCUT2D eigenvalue weighted by molar-refractivity contribution is 5.79. The molecule has 1 unspecified atom stereocenters. The van der Waals surface area contributed by atoms with Crippen LogP contribution in [0.4, 0.5) is 13.2 Å². The number of benzene rings is 2. The lowest BCUT2D eigenvalue weighted by Crippen LogP contribution is -2.37. The normalized spacial score (nSPS) is 16.9. The Hall–Kier alpha value is -3.27. The number of fused-ring (bicyclic) bond motifs is 1. The summed E-state index contributed by atoms with van der Waals surface area (Å²) in [5.41, 5.74) is 1.62. The first-order valence-corrected chi connectivity index (χ1v) is 9.19. The third-order valence-electron chi connectivity index (χ3n) is 5.09. The lowest BCUT2D eigenvalue weighted by Gasteiger charge is -2.32. The molecule has 156 valence electrons. The molecule has 1 aliphatic rings. The van der Waals surface area contributed by atoms with Gasteiger partial charge in [0, 0.05) is 13.1 Å². The molecule has 2 aromatic carbocycles. The van der Waals surface area contributed by atoms with Gasteiger partial charge in [-0.1, -0.05) is 24.3 Å². The van der Waals surface area contributed by atoms with Crippen LogP contribution in [0.15, 0.2) is 48.5 Å². The largest absolute Gasteiger partial charge is 0.469 e. The van der Waals surface area contributed by atoms with Gasteiger partial charge in [0.1, 0.15) is 0 Å². The average molecular weight is 417 g/mol. The maximum absolute atomic E-state index is 12.8. The molecular weight excluding hydrogens is 399 g/mol. The fourth-order valence-corrected chi connectivity index (χ4v) is 3.64. The molecule has 0 radical (unpaired) electrons. The van der Waals surface area contributed by atoms with Crippen molar-refractivity contribution in [2.24, 2.45) is 0 Å². The highest BCUT2D eigenvalue weighted by Gasteiger charge is 2.32. The Morgan fingerprint density at radius 1 is 1.17 bits per heavy atom. The molecule has 1 atom stereocenters. The van der Waals surface area contributed by atoms with E-state index in [-0.39, 0.29) is 5.97 Å². The van der Waals surface area contributed by atoms with Crippen LogP contribution in [-0.2, 0) is 28.8 Å². The minimum atomic E-state index is -4.41. The smallest absolute Gasteiger partial charge is 0.416 e. The maximum atomic E-state index is 12.8. The monoisotopic (exact) mass is 417 g/mol. The first kappa shape index (κ1) is 20.0. The van der Waals surface area contributed by atoms with Crippen LogP contribution in [-0.4, -0.2) is 44.7 Å². The van der Waals surface area contributed by atoms with E-state index in [0.29, 0.717) is 31.1 Å². The van der Waals surface area contributed by atoms with Gasteiger partial charge < -0.3 is 4.74 Å². The predicted molar refractivity (Wildman–Crippen MR) is 99.5 cm³/mol. The fraction of sp³-hybridized carbons (Fsp3) is 0.300. The standard InChI is InChI=1S/C20H18F3N5O2/c1-30-19(29)17-11-27(10-13-4-2-3-5-16(13)17)12-18-24-25-26-28(18)15-8-6-14(7-9-15)20(21,22)23/h2-9,17H,10-12H2,1H3. The molecular formula is C20H18F3N5O2. The Morgan fingerprint density at radius 2 is 1.90 bits per heavy atom. The summed E-state index contributed by atoms with van der Waals surface area (Å²) in [6.07, 6.45) is -4.41. The van der Waals surface area contributed by atoms with E-state index in [0.717, 1.165) is 23.3 Å². The zero-order valence-electron chi connectivity index (χ0n) is 16.0. The summed E-state index contributed by atoms with van der Waals surface area (Å²) >= 11 is 0. The number of carbonyl (C=O) groups excluding carboxylic acids is 1. The fourth-order valence-electron chi connectivity index (χ4n) is 3.64. The summed E-state index contributed by atoms with van der Waals surface area (Å²) in [7, 11) is 1.36. The van der Waals surface area contributed by atoms with Crippen molar-refractivity contribution < 1.29 is 22.7 Å². The second-order valence-electron chi connectivity index (χ2n) is 7.00. The molecule has 1 aromatic heterocycles. The Labute approximate surface area is 170 Å². The van der Waals surface area contributed by atoms with Crippen molar-refractivity contribution in [1.82, 2.24) is 25.1 Å². The van der Waals surface area contributed by atoms with Gasteiger partial charge in [0.25, 0.3) is 0 Å². The lowest BCUT2D eigenvalue weighted by molar-refractivity contribution is -0.143. The Kier molecular flexibility index (Phi) is 5.25. The molecule has 4 rings (SSSR count). The molecule has 0 aliphatic carbocycles. The van der Waals surface area contributed by atoms with Gasteiger partial charge in [-0.3, -0.25) is 9.69 Å². The van der Waals surface area contributed by atoms with Gasteiger partial charge in [-0.05, 0) is 45.8 Å². The van der Waals surface area contributed by atoms with Crippen molar-refractivity contribution in [2.45, 2.75) is 25.2 Å². The number of carbonyl (C=O) groups is 1. The first-order valence-electron chi connectivity index (χ1n) is 9.19. The quantitative estimate of drug-likeness (QED) is 0.608. The number of nitrogens with zero attached hydrogens (tertiary/aromatic N) is 5. The van der Waals surface area contributed by atoms with Gasteiger partial charge in [0.15, 0.2) is 5.82 Å². The van der Waals surface area contributed by atoms with Crippen LogP contribution in [0.3, 0.4) is 0 Å². The van der Waals surface area contributed by atoms with Crippen molar-refractivity contribution in [3.05, 3.63) is 71.0 Å². The first-order chi connectivity index (χ1) is 14.4. The van der Waals surface area contributed by atoms with Crippen molar-refractivity contribution in [1.29, 1.82) is 0 Å². The molecule has 0 amide bonds. The Morgan fingerprint density at radius 3 is 2.60 bits per heavy atom. The van der Waals surface area contributed by atoms with E-state index in [1.54, 1.807) is 0 Å². The van der Waals surface area contributed by atoms with Gasteiger partial charge in [0.2, 0.25) is 0 Å². The molecule has 0 spiro atoms. The number of alkyl halides is 3.